The van der Waals surface area contributed by atoms with E-state index in [-0.39, 0.29) is 15.9 Å². The highest BCUT2D eigenvalue weighted by atomic mass is 79.9. The molecule has 0 saturated heterocycles. The minimum absolute atomic E-state index is 0.198. The number of hydroxylamine groups is 2. The number of ether oxygens (including phenoxy) is 1. The Kier molecular flexibility index (Phi) is 4.36. The fourth-order valence-electron chi connectivity index (χ4n) is 1.89. The number of aryl methyl sites for hydroxylation is 1. The molecule has 0 aliphatic rings. The number of nitrogens with zero attached hydrogens (tertiary/aromatic N) is 3. The van der Waals surface area contributed by atoms with Crippen LogP contribution in [0.2, 0.25) is 0 Å². The summed E-state index contributed by atoms with van der Waals surface area (Å²) in [6.45, 7) is 1.69. The smallest absolute Gasteiger partial charge is 0.352 e. The van der Waals surface area contributed by atoms with E-state index < -0.39 is 10.6 Å². The summed E-state index contributed by atoms with van der Waals surface area (Å²) in [7, 11) is 2.74. The molecule has 2 rings (SSSR count). The number of quaternary nitrogens is 1. The van der Waals surface area contributed by atoms with E-state index in [1.807, 2.05) is 0 Å². The van der Waals surface area contributed by atoms with E-state index in [9.17, 15) is 10.0 Å². The molecule has 1 unspecified atom stereocenters. The summed E-state index contributed by atoms with van der Waals surface area (Å²) in [5, 5.41) is 12.8. The third kappa shape index (κ3) is 2.94. The second-order valence-electron chi connectivity index (χ2n) is 4.53. The van der Waals surface area contributed by atoms with Gasteiger partial charge in [-0.1, -0.05) is 0 Å². The fourth-order valence-corrected chi connectivity index (χ4v) is 2.54. The van der Waals surface area contributed by atoms with Crippen LogP contribution in [0.5, 0.6) is 5.88 Å². The quantitative estimate of drug-likeness (QED) is 0.482. The van der Waals surface area contributed by atoms with Gasteiger partial charge in [0.15, 0.2) is 10.3 Å². The van der Waals surface area contributed by atoms with Crippen LogP contribution in [0.1, 0.15) is 16.1 Å². The van der Waals surface area contributed by atoms with Gasteiger partial charge in [0.05, 0.1) is 19.9 Å². The van der Waals surface area contributed by atoms with Crippen LogP contribution in [-0.4, -0.2) is 30.0 Å². The Balaban J connectivity index is 2.47. The first kappa shape index (κ1) is 15.6. The molecular formula is C14H14BrN3O3. The van der Waals surface area contributed by atoms with Gasteiger partial charge in [0.2, 0.25) is 5.88 Å². The highest BCUT2D eigenvalue weighted by molar-refractivity contribution is 9.10. The monoisotopic (exact) mass is 351 g/mol. The zero-order valence-electron chi connectivity index (χ0n) is 11.8. The van der Waals surface area contributed by atoms with E-state index in [4.69, 9.17) is 4.74 Å². The van der Waals surface area contributed by atoms with E-state index in [1.54, 1.807) is 25.3 Å². The predicted molar refractivity (Wildman–Crippen MR) is 82.9 cm³/mol. The fraction of sp³-hybridized carbons (Fsp3) is 0.214. The van der Waals surface area contributed by atoms with Crippen LogP contribution >= 0.6 is 15.9 Å². The van der Waals surface area contributed by atoms with Gasteiger partial charge in [-0.25, -0.2) is 9.78 Å². The van der Waals surface area contributed by atoms with Gasteiger partial charge in [-0.3, -0.25) is 9.63 Å². The van der Waals surface area contributed by atoms with Gasteiger partial charge in [-0.15, -0.1) is 0 Å². The molecule has 0 bridgehead atoms. The van der Waals surface area contributed by atoms with Gasteiger partial charge < -0.3 is 9.94 Å². The van der Waals surface area contributed by atoms with Crippen molar-refractivity contribution in [2.24, 2.45) is 0 Å². The number of carbonyl (C=O) groups is 1. The summed E-state index contributed by atoms with van der Waals surface area (Å²) < 4.78 is 4.04. The van der Waals surface area contributed by atoms with Crippen molar-refractivity contribution >= 4 is 27.5 Å². The summed E-state index contributed by atoms with van der Waals surface area (Å²) in [6.07, 6.45) is 1.58. The molecule has 7 heteroatoms. The lowest BCUT2D eigenvalue weighted by Crippen LogP contribution is -2.45. The molecule has 2 aromatic heterocycles. The van der Waals surface area contributed by atoms with Crippen molar-refractivity contribution in [2.45, 2.75) is 6.92 Å². The second-order valence-corrected chi connectivity index (χ2v) is 5.28. The normalized spacial score (nSPS) is 13.6. The van der Waals surface area contributed by atoms with Gasteiger partial charge in [0, 0.05) is 18.3 Å². The molecule has 21 heavy (non-hydrogen) atoms. The van der Waals surface area contributed by atoms with Crippen LogP contribution in [0.4, 0.5) is 5.69 Å². The van der Waals surface area contributed by atoms with Crippen LogP contribution in [0.3, 0.4) is 0 Å². The number of amides is 1. The van der Waals surface area contributed by atoms with Gasteiger partial charge in [0.1, 0.15) is 5.56 Å². The SMILES string of the molecule is COc1ccc([N+](C)([O-])C(=O)c2cccnc2C)c(Br)n1. The summed E-state index contributed by atoms with van der Waals surface area (Å²) in [4.78, 5) is 20.6. The summed E-state index contributed by atoms with van der Waals surface area (Å²) >= 11 is 3.21. The Morgan fingerprint density at radius 2 is 2.10 bits per heavy atom. The van der Waals surface area contributed by atoms with Crippen LogP contribution < -0.4 is 9.38 Å². The van der Waals surface area contributed by atoms with Crippen LogP contribution in [0, 0.1) is 12.1 Å². The van der Waals surface area contributed by atoms with E-state index in [0.29, 0.717) is 11.6 Å². The topological polar surface area (TPSA) is 75.1 Å². The molecule has 0 aromatic carbocycles. The molecule has 0 aliphatic carbocycles. The number of rotatable bonds is 3. The third-order valence-electron chi connectivity index (χ3n) is 3.10. The maximum Gasteiger partial charge on any atom is 0.352 e. The average Bonchev–Trinajstić information content (AvgIpc) is 2.46. The molecule has 0 spiro atoms. The van der Waals surface area contributed by atoms with Gasteiger partial charge in [0.25, 0.3) is 0 Å². The minimum atomic E-state index is -1.22. The van der Waals surface area contributed by atoms with Crippen molar-refractivity contribution in [3.8, 4) is 5.88 Å². The average molecular weight is 352 g/mol. The molecule has 0 N–H and O–H groups in total. The van der Waals surface area contributed by atoms with Gasteiger partial charge >= 0.3 is 5.91 Å². The number of pyridine rings is 2. The Morgan fingerprint density at radius 1 is 1.38 bits per heavy atom. The molecule has 1 atom stereocenters. The first-order valence-electron chi connectivity index (χ1n) is 6.13. The number of halogens is 1. The van der Waals surface area contributed by atoms with Gasteiger partial charge in [-0.05, 0) is 35.0 Å². The molecule has 110 valence electrons. The molecule has 0 aliphatic heterocycles. The lowest BCUT2D eigenvalue weighted by Gasteiger charge is -2.35. The van der Waals surface area contributed by atoms with E-state index in [2.05, 4.69) is 25.9 Å². The lowest BCUT2D eigenvalue weighted by molar-refractivity contribution is 0.0851. The van der Waals surface area contributed by atoms with Crippen molar-refractivity contribution in [1.82, 2.24) is 14.6 Å². The summed E-state index contributed by atoms with van der Waals surface area (Å²) in [6, 6.07) is 6.27. The first-order chi connectivity index (χ1) is 9.87. The Morgan fingerprint density at radius 3 is 2.67 bits per heavy atom. The largest absolute Gasteiger partial charge is 0.620 e. The number of methoxy groups -OCH3 is 1. The lowest BCUT2D eigenvalue weighted by atomic mass is 10.1. The predicted octanol–water partition coefficient (Wildman–Crippen LogP) is 2.83. The standard InChI is InChI=1S/C14H14BrN3O3/c1-9-10(5-4-8-16-9)14(19)18(2,20)11-6-7-12(21-3)17-13(11)15/h4-8H,1-3H3. The molecule has 0 saturated carbocycles. The van der Waals surface area contributed by atoms with Crippen LogP contribution in [-0.2, 0) is 0 Å². The molecular weight excluding hydrogens is 338 g/mol. The van der Waals surface area contributed by atoms with Gasteiger partial charge in [-0.2, -0.15) is 0 Å². The number of hydrogen-bond donors (Lipinski definition) is 0. The zero-order valence-corrected chi connectivity index (χ0v) is 13.4. The maximum atomic E-state index is 12.8. The van der Waals surface area contributed by atoms with Crippen LogP contribution in [0.15, 0.2) is 35.1 Å². The maximum absolute atomic E-state index is 12.8. The molecule has 1 amide bonds. The highest BCUT2D eigenvalue weighted by Gasteiger charge is 2.31. The first-order valence-corrected chi connectivity index (χ1v) is 6.92. The van der Waals surface area contributed by atoms with E-state index in [0.717, 1.165) is 0 Å². The third-order valence-corrected chi connectivity index (χ3v) is 3.68. The van der Waals surface area contributed by atoms with E-state index in [1.165, 1.54) is 26.3 Å². The Hall–Kier alpha value is -1.83. The highest BCUT2D eigenvalue weighted by Crippen LogP contribution is 2.32. The van der Waals surface area contributed by atoms with Crippen molar-refractivity contribution in [1.29, 1.82) is 0 Å². The van der Waals surface area contributed by atoms with Crippen molar-refractivity contribution < 1.29 is 9.53 Å². The van der Waals surface area contributed by atoms with Crippen molar-refractivity contribution in [2.75, 3.05) is 14.2 Å². The molecule has 0 fully saturated rings. The minimum Gasteiger partial charge on any atom is -0.620 e. The second kappa shape index (κ2) is 5.88. The van der Waals surface area contributed by atoms with E-state index >= 15 is 0 Å². The van der Waals surface area contributed by atoms with Crippen molar-refractivity contribution in [3.05, 3.63) is 51.5 Å². The Labute approximate surface area is 130 Å². The molecule has 2 aromatic rings. The zero-order chi connectivity index (χ0) is 15.6. The molecule has 0 radical (unpaired) electrons. The summed E-state index contributed by atoms with van der Waals surface area (Å²) in [5.74, 6) is -0.246. The number of carbonyl (C=O) groups excluding carboxylic acids is 1. The molecule has 2 heterocycles. The molecule has 6 nitrogen and oxygen atoms in total. The Bertz CT molecular complexity index is 689. The number of aromatic nitrogens is 2. The number of hydrogen-bond acceptors (Lipinski definition) is 5. The summed E-state index contributed by atoms with van der Waals surface area (Å²) in [5.41, 5.74) is 1.00. The van der Waals surface area contributed by atoms with Crippen molar-refractivity contribution in [3.63, 3.8) is 0 Å². The van der Waals surface area contributed by atoms with Crippen LogP contribution in [0.25, 0.3) is 0 Å².